The summed E-state index contributed by atoms with van der Waals surface area (Å²) < 4.78 is 0. The van der Waals surface area contributed by atoms with Gasteiger partial charge in [0.1, 0.15) is 5.82 Å². The second kappa shape index (κ2) is 7.84. The van der Waals surface area contributed by atoms with Gasteiger partial charge in [-0.1, -0.05) is 13.8 Å². The van der Waals surface area contributed by atoms with E-state index in [2.05, 4.69) is 39.5 Å². The number of nitrogens with zero attached hydrogens (tertiary/aromatic N) is 3. The Bertz CT molecular complexity index is 354. The lowest BCUT2D eigenvalue weighted by atomic mass is 10.3. The number of nitrogens with two attached hydrogens (primary N) is 1. The first-order valence-corrected chi connectivity index (χ1v) is 6.47. The minimum absolute atomic E-state index is 0.434. The molecule has 0 radical (unpaired) electrons. The number of nitrogen functional groups attached to an aromatic ring is 1. The molecule has 0 bridgehead atoms. The number of nitrogens with one attached hydrogen (secondary N) is 2. The number of hydrazine groups is 1. The van der Waals surface area contributed by atoms with E-state index in [1.165, 1.54) is 6.42 Å². The van der Waals surface area contributed by atoms with Crippen molar-refractivity contribution in [1.29, 1.82) is 0 Å². The fraction of sp³-hybridized carbons (Fsp3) is 0.667. The molecule has 6 nitrogen and oxygen atoms in total. The Morgan fingerprint density at radius 2 is 2.11 bits per heavy atom. The number of aromatic nitrogens is 2. The maximum absolute atomic E-state index is 5.30. The van der Waals surface area contributed by atoms with Crippen LogP contribution in [0.15, 0.2) is 6.20 Å². The van der Waals surface area contributed by atoms with E-state index in [4.69, 9.17) is 5.84 Å². The number of aryl methyl sites for hydroxylation is 1. The molecule has 0 aliphatic rings. The highest BCUT2D eigenvalue weighted by Gasteiger charge is 2.04. The molecule has 1 rings (SSSR count). The van der Waals surface area contributed by atoms with Crippen LogP contribution in [-0.4, -0.2) is 41.0 Å². The summed E-state index contributed by atoms with van der Waals surface area (Å²) in [4.78, 5) is 10.7. The van der Waals surface area contributed by atoms with E-state index in [1.54, 1.807) is 6.20 Å². The Labute approximate surface area is 109 Å². The molecule has 6 heteroatoms. The van der Waals surface area contributed by atoms with Gasteiger partial charge < -0.3 is 10.2 Å². The van der Waals surface area contributed by atoms with E-state index in [0.717, 1.165) is 37.6 Å². The smallest absolute Gasteiger partial charge is 0.239 e. The highest BCUT2D eigenvalue weighted by atomic mass is 15.3. The first-order valence-electron chi connectivity index (χ1n) is 6.47. The summed E-state index contributed by atoms with van der Waals surface area (Å²) in [6.45, 7) is 10.5. The Morgan fingerprint density at radius 3 is 2.72 bits per heavy atom. The highest BCUT2D eigenvalue weighted by molar-refractivity contribution is 5.45. The fourth-order valence-electron chi connectivity index (χ4n) is 1.77. The first kappa shape index (κ1) is 14.7. The Morgan fingerprint density at radius 1 is 1.33 bits per heavy atom. The molecule has 102 valence electrons. The van der Waals surface area contributed by atoms with Crippen molar-refractivity contribution in [3.63, 3.8) is 0 Å². The van der Waals surface area contributed by atoms with Gasteiger partial charge in [-0.3, -0.25) is 5.43 Å². The van der Waals surface area contributed by atoms with Gasteiger partial charge in [0.25, 0.3) is 0 Å². The van der Waals surface area contributed by atoms with Crippen molar-refractivity contribution < 1.29 is 0 Å². The molecule has 4 N–H and O–H groups in total. The average molecular weight is 252 g/mol. The number of hydrogen-bond donors (Lipinski definition) is 3. The lowest BCUT2D eigenvalue weighted by molar-refractivity contribution is 0.300. The van der Waals surface area contributed by atoms with Crippen molar-refractivity contribution in [1.82, 2.24) is 14.9 Å². The van der Waals surface area contributed by atoms with Crippen molar-refractivity contribution in [2.45, 2.75) is 27.2 Å². The second-order valence-corrected chi connectivity index (χ2v) is 4.23. The molecule has 1 aromatic heterocycles. The molecule has 1 aromatic rings. The molecule has 0 aromatic carbocycles. The van der Waals surface area contributed by atoms with Gasteiger partial charge in [-0.25, -0.2) is 10.8 Å². The first-order chi connectivity index (χ1) is 8.71. The molecule has 1 heterocycles. The number of rotatable bonds is 8. The zero-order valence-electron chi connectivity index (χ0n) is 11.5. The number of likely N-dealkylation sites (N-methyl/N-ethyl adjacent to an activating group) is 1. The molecule has 0 saturated heterocycles. The average Bonchev–Trinajstić information content (AvgIpc) is 2.39. The van der Waals surface area contributed by atoms with Crippen LogP contribution in [0.3, 0.4) is 0 Å². The van der Waals surface area contributed by atoms with Gasteiger partial charge in [-0.15, -0.1) is 0 Å². The molecule has 0 saturated carbocycles. The molecule has 0 amide bonds. The monoisotopic (exact) mass is 252 g/mol. The van der Waals surface area contributed by atoms with Crippen LogP contribution in [0.5, 0.6) is 0 Å². The number of anilines is 2. The van der Waals surface area contributed by atoms with Crippen molar-refractivity contribution in [2.75, 3.05) is 36.9 Å². The van der Waals surface area contributed by atoms with Crippen LogP contribution in [0.2, 0.25) is 0 Å². The van der Waals surface area contributed by atoms with Gasteiger partial charge in [0.2, 0.25) is 5.95 Å². The molecule has 0 spiro atoms. The molecule has 0 atom stereocenters. The van der Waals surface area contributed by atoms with Crippen LogP contribution in [-0.2, 0) is 0 Å². The van der Waals surface area contributed by atoms with Gasteiger partial charge in [0, 0.05) is 24.8 Å². The summed E-state index contributed by atoms with van der Waals surface area (Å²) in [6, 6.07) is 0. The zero-order valence-corrected chi connectivity index (χ0v) is 11.5. The van der Waals surface area contributed by atoms with Gasteiger partial charge in [-0.05, 0) is 26.4 Å². The zero-order chi connectivity index (χ0) is 13.4. The summed E-state index contributed by atoms with van der Waals surface area (Å²) in [6.07, 6.45) is 2.94. The van der Waals surface area contributed by atoms with Crippen LogP contribution >= 0.6 is 0 Å². The Hall–Kier alpha value is -1.40. The third-order valence-electron chi connectivity index (χ3n) is 2.81. The van der Waals surface area contributed by atoms with Gasteiger partial charge >= 0.3 is 0 Å². The fourth-order valence-corrected chi connectivity index (χ4v) is 1.77. The minimum atomic E-state index is 0.434. The van der Waals surface area contributed by atoms with E-state index >= 15 is 0 Å². The standard InChI is InChI=1S/C12H24N6/c1-4-7-18(5-2)8-6-14-11-10(3)9-15-12(16-11)17-13/h9H,4-8,13H2,1-3H3,(H2,14,15,16,17). The predicted molar refractivity (Wildman–Crippen MR) is 75.5 cm³/mol. The maximum Gasteiger partial charge on any atom is 0.239 e. The van der Waals surface area contributed by atoms with Gasteiger partial charge in [0.05, 0.1) is 0 Å². The van der Waals surface area contributed by atoms with E-state index in [1.807, 2.05) is 6.92 Å². The molecular formula is C12H24N6. The Kier molecular flexibility index (Phi) is 6.38. The minimum Gasteiger partial charge on any atom is -0.368 e. The van der Waals surface area contributed by atoms with Crippen molar-refractivity contribution in [3.8, 4) is 0 Å². The summed E-state index contributed by atoms with van der Waals surface area (Å²) in [7, 11) is 0. The van der Waals surface area contributed by atoms with Crippen molar-refractivity contribution >= 4 is 11.8 Å². The normalized spacial score (nSPS) is 10.7. The molecular weight excluding hydrogens is 228 g/mol. The largest absolute Gasteiger partial charge is 0.368 e. The molecule has 0 unspecified atom stereocenters. The van der Waals surface area contributed by atoms with Gasteiger partial charge in [-0.2, -0.15) is 4.98 Å². The third-order valence-corrected chi connectivity index (χ3v) is 2.81. The SMILES string of the molecule is CCCN(CC)CCNc1nc(NN)ncc1C. The Balaban J connectivity index is 2.47. The summed E-state index contributed by atoms with van der Waals surface area (Å²) >= 11 is 0. The molecule has 0 fully saturated rings. The van der Waals surface area contributed by atoms with Crippen molar-refractivity contribution in [3.05, 3.63) is 11.8 Å². The van der Waals surface area contributed by atoms with Crippen molar-refractivity contribution in [2.24, 2.45) is 5.84 Å². The van der Waals surface area contributed by atoms with Crippen LogP contribution in [0.25, 0.3) is 0 Å². The van der Waals surface area contributed by atoms with E-state index < -0.39 is 0 Å². The van der Waals surface area contributed by atoms with Crippen LogP contribution in [0, 0.1) is 6.92 Å². The van der Waals surface area contributed by atoms with Crippen LogP contribution in [0.4, 0.5) is 11.8 Å². The maximum atomic E-state index is 5.30. The quantitative estimate of drug-likeness (QED) is 0.477. The summed E-state index contributed by atoms with van der Waals surface area (Å²) in [5.74, 6) is 6.57. The van der Waals surface area contributed by atoms with E-state index in [-0.39, 0.29) is 0 Å². The lowest BCUT2D eigenvalue weighted by Gasteiger charge is -2.20. The molecule has 18 heavy (non-hydrogen) atoms. The lowest BCUT2D eigenvalue weighted by Crippen LogP contribution is -2.30. The third kappa shape index (κ3) is 4.46. The van der Waals surface area contributed by atoms with E-state index in [9.17, 15) is 0 Å². The van der Waals surface area contributed by atoms with Crippen LogP contribution in [0.1, 0.15) is 25.8 Å². The molecule has 0 aliphatic carbocycles. The number of hydrogen-bond acceptors (Lipinski definition) is 6. The predicted octanol–water partition coefficient (Wildman–Crippen LogP) is 1.21. The summed E-state index contributed by atoms with van der Waals surface area (Å²) in [5.41, 5.74) is 3.47. The topological polar surface area (TPSA) is 79.1 Å². The highest BCUT2D eigenvalue weighted by Crippen LogP contribution is 2.11. The van der Waals surface area contributed by atoms with Crippen LogP contribution < -0.4 is 16.6 Å². The molecule has 0 aliphatic heterocycles. The summed E-state index contributed by atoms with van der Waals surface area (Å²) in [5, 5.41) is 3.32. The second-order valence-electron chi connectivity index (χ2n) is 4.23. The van der Waals surface area contributed by atoms with E-state index in [0.29, 0.717) is 5.95 Å². The van der Waals surface area contributed by atoms with Gasteiger partial charge in [0.15, 0.2) is 0 Å².